The number of aromatic nitrogens is 3. The molecule has 0 aliphatic carbocycles. The van der Waals surface area contributed by atoms with Crippen LogP contribution in [0.5, 0.6) is 0 Å². The summed E-state index contributed by atoms with van der Waals surface area (Å²) in [5.41, 5.74) is 1.19. The van der Waals surface area contributed by atoms with E-state index in [1.807, 2.05) is 6.07 Å². The van der Waals surface area contributed by atoms with Crippen LogP contribution in [0.1, 0.15) is 5.56 Å². The molecule has 78 valence electrons. The van der Waals surface area contributed by atoms with Crippen LogP contribution in [0, 0.1) is 11.3 Å². The van der Waals surface area contributed by atoms with E-state index in [0.29, 0.717) is 17.0 Å². The zero-order chi connectivity index (χ0) is 11.5. The van der Waals surface area contributed by atoms with E-state index in [0.717, 1.165) is 0 Å². The summed E-state index contributed by atoms with van der Waals surface area (Å²) in [6.45, 7) is 0. The maximum Gasteiger partial charge on any atom is 0.227 e. The quantitative estimate of drug-likeness (QED) is 0.781. The molecule has 0 saturated heterocycles. The molecule has 0 aliphatic heterocycles. The summed E-state index contributed by atoms with van der Waals surface area (Å²) in [6.07, 6.45) is 0. The van der Waals surface area contributed by atoms with Crippen molar-refractivity contribution < 1.29 is 0 Å². The molecule has 0 N–H and O–H groups in total. The molecule has 1 aromatic carbocycles. The van der Waals surface area contributed by atoms with Gasteiger partial charge in [0.05, 0.1) is 11.6 Å². The first-order valence-electron chi connectivity index (χ1n) is 4.26. The fraction of sp³-hybridized carbons (Fsp3) is 0. The first-order valence-corrected chi connectivity index (χ1v) is 5.02. The highest BCUT2D eigenvalue weighted by Gasteiger charge is 2.06. The van der Waals surface area contributed by atoms with Crippen molar-refractivity contribution in [1.29, 1.82) is 5.26 Å². The second-order valence-corrected chi connectivity index (χ2v) is 3.57. The Morgan fingerprint density at radius 2 is 1.75 bits per heavy atom. The predicted octanol–water partition coefficient (Wildman–Crippen LogP) is 2.72. The molecule has 0 bridgehead atoms. The Labute approximate surface area is 102 Å². The maximum atomic E-state index is 8.76. The lowest BCUT2D eigenvalue weighted by atomic mass is 10.1. The minimum Gasteiger partial charge on any atom is -0.198 e. The number of hydrogen-bond donors (Lipinski definition) is 0. The van der Waals surface area contributed by atoms with Crippen LogP contribution in [-0.4, -0.2) is 15.0 Å². The molecule has 0 aliphatic rings. The van der Waals surface area contributed by atoms with Crippen molar-refractivity contribution in [3.05, 3.63) is 40.4 Å². The smallest absolute Gasteiger partial charge is 0.198 e. The second-order valence-electron chi connectivity index (χ2n) is 2.89. The van der Waals surface area contributed by atoms with Crippen molar-refractivity contribution in [1.82, 2.24) is 15.0 Å². The third-order valence-corrected chi connectivity index (χ3v) is 2.17. The summed E-state index contributed by atoms with van der Waals surface area (Å²) in [7, 11) is 0. The van der Waals surface area contributed by atoms with Crippen molar-refractivity contribution >= 4 is 23.2 Å². The molecule has 1 aromatic heterocycles. The Kier molecular flexibility index (Phi) is 3.00. The van der Waals surface area contributed by atoms with Gasteiger partial charge in [0, 0.05) is 5.56 Å². The van der Waals surface area contributed by atoms with Crippen LogP contribution >= 0.6 is 23.2 Å². The van der Waals surface area contributed by atoms with Gasteiger partial charge in [0.15, 0.2) is 5.82 Å². The Balaban J connectivity index is 2.54. The van der Waals surface area contributed by atoms with E-state index < -0.39 is 0 Å². The largest absolute Gasteiger partial charge is 0.227 e. The number of nitriles is 1. The minimum atomic E-state index is 0.0253. The predicted molar refractivity (Wildman–Crippen MR) is 60.0 cm³/mol. The first-order chi connectivity index (χ1) is 7.69. The van der Waals surface area contributed by atoms with Crippen molar-refractivity contribution in [2.75, 3.05) is 0 Å². The molecule has 6 heteroatoms. The van der Waals surface area contributed by atoms with Crippen LogP contribution in [0.25, 0.3) is 11.4 Å². The van der Waals surface area contributed by atoms with Gasteiger partial charge >= 0.3 is 0 Å². The lowest BCUT2D eigenvalue weighted by molar-refractivity contribution is 1.06. The molecule has 0 saturated carbocycles. The van der Waals surface area contributed by atoms with E-state index in [4.69, 9.17) is 28.5 Å². The second kappa shape index (κ2) is 4.44. The fourth-order valence-electron chi connectivity index (χ4n) is 1.18. The van der Waals surface area contributed by atoms with E-state index in [1.54, 1.807) is 24.3 Å². The molecule has 2 rings (SSSR count). The first kappa shape index (κ1) is 10.8. The number of rotatable bonds is 1. The SMILES string of the molecule is N#Cc1cccc(-c2nc(Cl)nc(Cl)n2)c1. The van der Waals surface area contributed by atoms with Crippen LogP contribution in [0.2, 0.25) is 10.6 Å². The normalized spacial score (nSPS) is 9.81. The average Bonchev–Trinajstić information content (AvgIpc) is 2.28. The van der Waals surface area contributed by atoms with Gasteiger partial charge in [0.2, 0.25) is 10.6 Å². The Morgan fingerprint density at radius 3 is 2.38 bits per heavy atom. The van der Waals surface area contributed by atoms with E-state index in [1.165, 1.54) is 0 Å². The lowest BCUT2D eigenvalue weighted by Crippen LogP contribution is -1.93. The Hall–Kier alpha value is -1.70. The highest BCUT2D eigenvalue weighted by atomic mass is 35.5. The summed E-state index contributed by atoms with van der Waals surface area (Å²) in [6, 6.07) is 8.87. The summed E-state index contributed by atoms with van der Waals surface area (Å²) in [5, 5.41) is 8.81. The molecule has 1 heterocycles. The van der Waals surface area contributed by atoms with Gasteiger partial charge in [-0.25, -0.2) is 0 Å². The van der Waals surface area contributed by atoms with Crippen molar-refractivity contribution in [3.63, 3.8) is 0 Å². The van der Waals surface area contributed by atoms with Crippen LogP contribution in [-0.2, 0) is 0 Å². The van der Waals surface area contributed by atoms with E-state index in [9.17, 15) is 0 Å². The molecular formula is C10H4Cl2N4. The van der Waals surface area contributed by atoms with Gasteiger partial charge in [-0.3, -0.25) is 0 Å². The third-order valence-electron chi connectivity index (χ3n) is 1.83. The standard InChI is InChI=1S/C10H4Cl2N4/c11-9-14-8(15-10(12)16-9)7-3-1-2-6(4-7)5-13/h1-4H. The fourth-order valence-corrected chi connectivity index (χ4v) is 1.55. The number of hydrogen-bond acceptors (Lipinski definition) is 4. The molecule has 0 fully saturated rings. The van der Waals surface area contributed by atoms with Crippen LogP contribution in [0.15, 0.2) is 24.3 Å². The zero-order valence-corrected chi connectivity index (χ0v) is 9.37. The molecule has 0 amide bonds. The van der Waals surface area contributed by atoms with E-state index in [-0.39, 0.29) is 10.6 Å². The molecule has 4 nitrogen and oxygen atoms in total. The maximum absolute atomic E-state index is 8.76. The molecule has 0 atom stereocenters. The van der Waals surface area contributed by atoms with Crippen LogP contribution < -0.4 is 0 Å². The molecular weight excluding hydrogens is 247 g/mol. The van der Waals surface area contributed by atoms with Gasteiger partial charge in [0.1, 0.15) is 0 Å². The molecule has 0 unspecified atom stereocenters. The highest BCUT2D eigenvalue weighted by molar-refractivity contribution is 6.31. The third kappa shape index (κ3) is 2.27. The highest BCUT2D eigenvalue weighted by Crippen LogP contribution is 2.18. The Bertz CT molecular complexity index is 557. The van der Waals surface area contributed by atoms with Crippen molar-refractivity contribution in [2.24, 2.45) is 0 Å². The van der Waals surface area contributed by atoms with Crippen LogP contribution in [0.4, 0.5) is 0 Å². The summed E-state index contributed by atoms with van der Waals surface area (Å²) < 4.78 is 0. The summed E-state index contributed by atoms with van der Waals surface area (Å²) in [4.78, 5) is 11.5. The molecule has 0 spiro atoms. The molecule has 2 aromatic rings. The van der Waals surface area contributed by atoms with Gasteiger partial charge in [-0.15, -0.1) is 0 Å². The molecule has 16 heavy (non-hydrogen) atoms. The van der Waals surface area contributed by atoms with Crippen LogP contribution in [0.3, 0.4) is 0 Å². The number of benzene rings is 1. The van der Waals surface area contributed by atoms with E-state index >= 15 is 0 Å². The monoisotopic (exact) mass is 250 g/mol. The van der Waals surface area contributed by atoms with E-state index in [2.05, 4.69) is 15.0 Å². The topological polar surface area (TPSA) is 62.5 Å². The molecule has 0 radical (unpaired) electrons. The van der Waals surface area contributed by atoms with Crippen molar-refractivity contribution in [2.45, 2.75) is 0 Å². The number of halogens is 2. The van der Waals surface area contributed by atoms with Crippen molar-refractivity contribution in [3.8, 4) is 17.5 Å². The lowest BCUT2D eigenvalue weighted by Gasteiger charge is -2.00. The summed E-state index contributed by atoms with van der Waals surface area (Å²) >= 11 is 11.3. The Morgan fingerprint density at radius 1 is 1.06 bits per heavy atom. The van der Waals surface area contributed by atoms with Gasteiger partial charge in [-0.1, -0.05) is 12.1 Å². The van der Waals surface area contributed by atoms with Gasteiger partial charge in [-0.05, 0) is 35.3 Å². The summed E-state index contributed by atoms with van der Waals surface area (Å²) in [5.74, 6) is 0.349. The minimum absolute atomic E-state index is 0.0253. The average molecular weight is 251 g/mol. The van der Waals surface area contributed by atoms with Gasteiger partial charge < -0.3 is 0 Å². The number of nitrogens with zero attached hydrogens (tertiary/aromatic N) is 4. The van der Waals surface area contributed by atoms with Gasteiger partial charge in [0.25, 0.3) is 0 Å². The zero-order valence-electron chi connectivity index (χ0n) is 7.85. The van der Waals surface area contributed by atoms with Gasteiger partial charge in [-0.2, -0.15) is 20.2 Å².